The minimum absolute atomic E-state index is 0.814. The Hall–Kier alpha value is -3.26. The van der Waals surface area contributed by atoms with Crippen molar-refractivity contribution in [3.8, 4) is 11.1 Å². The number of anilines is 1. The zero-order chi connectivity index (χ0) is 17.5. The number of para-hydroxylation sites is 3. The molecule has 0 fully saturated rings. The molecule has 2 nitrogen and oxygen atoms in total. The second-order valence-electron chi connectivity index (χ2n) is 6.77. The Morgan fingerprint density at radius 3 is 2.38 bits per heavy atom. The van der Waals surface area contributed by atoms with Crippen molar-refractivity contribution < 1.29 is 0 Å². The van der Waals surface area contributed by atoms with Gasteiger partial charge < -0.3 is 10.3 Å². The van der Waals surface area contributed by atoms with Crippen LogP contribution in [0.25, 0.3) is 38.6 Å². The zero-order valence-corrected chi connectivity index (χ0v) is 14.5. The quantitative estimate of drug-likeness (QED) is 0.432. The number of hydrogen-bond acceptors (Lipinski definition) is 1. The van der Waals surface area contributed by atoms with E-state index in [0.717, 1.165) is 24.1 Å². The molecule has 26 heavy (non-hydrogen) atoms. The van der Waals surface area contributed by atoms with E-state index in [1.807, 2.05) is 12.1 Å². The molecule has 0 amide bonds. The third-order valence-corrected chi connectivity index (χ3v) is 5.22. The molecule has 5 rings (SSSR count). The van der Waals surface area contributed by atoms with Gasteiger partial charge in [0.05, 0.1) is 11.0 Å². The molecule has 1 heterocycles. The zero-order valence-electron chi connectivity index (χ0n) is 14.5. The Kier molecular flexibility index (Phi) is 3.42. The molecule has 0 atom stereocenters. The second-order valence-corrected chi connectivity index (χ2v) is 6.77. The monoisotopic (exact) mass is 336 g/mol. The van der Waals surface area contributed by atoms with Gasteiger partial charge in [0.25, 0.3) is 0 Å². The van der Waals surface area contributed by atoms with Crippen molar-refractivity contribution in [3.63, 3.8) is 0 Å². The molecule has 0 radical (unpaired) electrons. The highest BCUT2D eigenvalue weighted by atomic mass is 15.0. The van der Waals surface area contributed by atoms with Crippen LogP contribution in [0, 0.1) is 0 Å². The largest absolute Gasteiger partial charge is 0.398 e. The number of nitrogen functional groups attached to an aromatic ring is 1. The summed E-state index contributed by atoms with van der Waals surface area (Å²) >= 11 is 0. The third kappa shape index (κ3) is 2.19. The van der Waals surface area contributed by atoms with E-state index in [2.05, 4.69) is 77.4 Å². The van der Waals surface area contributed by atoms with Crippen molar-refractivity contribution >= 4 is 33.2 Å². The number of rotatable bonds is 2. The van der Waals surface area contributed by atoms with Crippen LogP contribution in [0.2, 0.25) is 0 Å². The number of fused-ring (bicyclic) bond motifs is 3. The average molecular weight is 336 g/mol. The van der Waals surface area contributed by atoms with Crippen LogP contribution in [0.3, 0.4) is 0 Å². The molecular weight excluding hydrogens is 316 g/mol. The molecule has 4 aromatic rings. The number of benzene rings is 3. The van der Waals surface area contributed by atoms with Gasteiger partial charge in [0.1, 0.15) is 0 Å². The van der Waals surface area contributed by atoms with E-state index in [0.29, 0.717) is 0 Å². The molecule has 126 valence electrons. The summed E-state index contributed by atoms with van der Waals surface area (Å²) in [6, 6.07) is 23.3. The van der Waals surface area contributed by atoms with Crippen LogP contribution in [0.15, 0.2) is 85.0 Å². The minimum Gasteiger partial charge on any atom is -0.398 e. The van der Waals surface area contributed by atoms with Gasteiger partial charge >= 0.3 is 0 Å². The molecular formula is C24H20N2. The van der Waals surface area contributed by atoms with Crippen LogP contribution < -0.4 is 5.73 Å². The molecule has 1 aliphatic carbocycles. The van der Waals surface area contributed by atoms with Crippen LogP contribution >= 0.6 is 0 Å². The minimum atomic E-state index is 0.814. The maximum atomic E-state index is 6.33. The molecule has 2 N–H and O–H groups in total. The van der Waals surface area contributed by atoms with Crippen molar-refractivity contribution in [3.05, 3.63) is 85.0 Å². The molecule has 0 unspecified atom stereocenters. The summed E-state index contributed by atoms with van der Waals surface area (Å²) in [4.78, 5) is 0. The van der Waals surface area contributed by atoms with Gasteiger partial charge in [-0.25, -0.2) is 0 Å². The molecule has 0 aliphatic heterocycles. The highest BCUT2D eigenvalue weighted by Gasteiger charge is 2.18. The topological polar surface area (TPSA) is 30.9 Å². The molecule has 0 spiro atoms. The van der Waals surface area contributed by atoms with Gasteiger partial charge in [-0.1, -0.05) is 66.7 Å². The summed E-state index contributed by atoms with van der Waals surface area (Å²) in [6.45, 7) is 0. The molecule has 2 heteroatoms. The first-order valence-corrected chi connectivity index (χ1v) is 9.08. The first-order chi connectivity index (χ1) is 12.8. The van der Waals surface area contributed by atoms with Crippen LogP contribution in [0.1, 0.15) is 12.8 Å². The first kappa shape index (κ1) is 15.0. The Balaban J connectivity index is 1.96. The molecule has 0 saturated carbocycles. The van der Waals surface area contributed by atoms with E-state index in [9.17, 15) is 0 Å². The molecule has 1 aliphatic rings. The van der Waals surface area contributed by atoms with Crippen molar-refractivity contribution in [2.75, 3.05) is 5.73 Å². The number of hydrogen-bond donors (Lipinski definition) is 1. The summed E-state index contributed by atoms with van der Waals surface area (Å²) in [5.41, 5.74) is 13.3. The Morgan fingerprint density at radius 2 is 1.54 bits per heavy atom. The van der Waals surface area contributed by atoms with Crippen LogP contribution in [-0.4, -0.2) is 4.57 Å². The lowest BCUT2D eigenvalue weighted by atomic mass is 10.0. The Labute approximate surface area is 152 Å². The highest BCUT2D eigenvalue weighted by molar-refractivity contribution is 6.15. The smallest absolute Gasteiger partial charge is 0.0617 e. The van der Waals surface area contributed by atoms with Gasteiger partial charge in [0, 0.05) is 33.3 Å². The van der Waals surface area contributed by atoms with Gasteiger partial charge in [0.2, 0.25) is 0 Å². The van der Waals surface area contributed by atoms with Crippen LogP contribution in [-0.2, 0) is 0 Å². The fraction of sp³-hybridized carbons (Fsp3) is 0.0833. The van der Waals surface area contributed by atoms with Gasteiger partial charge in [-0.2, -0.15) is 0 Å². The van der Waals surface area contributed by atoms with Crippen molar-refractivity contribution in [1.29, 1.82) is 0 Å². The summed E-state index contributed by atoms with van der Waals surface area (Å²) < 4.78 is 2.43. The van der Waals surface area contributed by atoms with E-state index in [4.69, 9.17) is 5.73 Å². The standard InChI is InChI=1S/C24H20N2/c25-22-15-6-4-11-18(22)20-13-8-14-21-19-12-5-7-16-23(19)26(24(20)21)17-9-2-1-3-10-17/h1-2,4-9,11-16H,3,10,25H2. The van der Waals surface area contributed by atoms with Gasteiger partial charge in [-0.3, -0.25) is 0 Å². The van der Waals surface area contributed by atoms with Crippen LogP contribution in [0.4, 0.5) is 5.69 Å². The van der Waals surface area contributed by atoms with Gasteiger partial charge in [-0.15, -0.1) is 0 Å². The van der Waals surface area contributed by atoms with Gasteiger partial charge in [-0.05, 0) is 31.1 Å². The number of allylic oxidation sites excluding steroid dienone is 4. The lowest BCUT2D eigenvalue weighted by molar-refractivity contribution is 0.979. The molecule has 1 aromatic heterocycles. The van der Waals surface area contributed by atoms with Crippen molar-refractivity contribution in [2.45, 2.75) is 12.8 Å². The molecule has 3 aromatic carbocycles. The second kappa shape index (κ2) is 5.92. The van der Waals surface area contributed by atoms with E-state index in [1.54, 1.807) is 0 Å². The number of aromatic nitrogens is 1. The number of nitrogens with zero attached hydrogens (tertiary/aromatic N) is 1. The average Bonchev–Trinajstić information content (AvgIpc) is 3.04. The Bertz CT molecular complexity index is 1190. The fourth-order valence-corrected chi connectivity index (χ4v) is 4.05. The van der Waals surface area contributed by atoms with E-state index >= 15 is 0 Å². The summed E-state index contributed by atoms with van der Waals surface area (Å²) in [5.74, 6) is 0. The predicted molar refractivity (Wildman–Crippen MR) is 112 cm³/mol. The van der Waals surface area contributed by atoms with Crippen LogP contribution in [0.5, 0.6) is 0 Å². The number of nitrogens with two attached hydrogens (primary N) is 1. The predicted octanol–water partition coefficient (Wildman–Crippen LogP) is 6.23. The Morgan fingerprint density at radius 1 is 0.769 bits per heavy atom. The lowest BCUT2D eigenvalue weighted by Crippen LogP contribution is -2.00. The lowest BCUT2D eigenvalue weighted by Gasteiger charge is -2.16. The summed E-state index contributed by atoms with van der Waals surface area (Å²) in [7, 11) is 0. The SMILES string of the molecule is Nc1ccccc1-c1cccc2c3ccccc3n(C3=CC=CCC3)c12. The maximum Gasteiger partial charge on any atom is 0.0617 e. The summed E-state index contributed by atoms with van der Waals surface area (Å²) in [6.07, 6.45) is 8.76. The van der Waals surface area contributed by atoms with E-state index in [-0.39, 0.29) is 0 Å². The first-order valence-electron chi connectivity index (χ1n) is 9.08. The normalized spacial score (nSPS) is 14.1. The maximum absolute atomic E-state index is 6.33. The van der Waals surface area contributed by atoms with Gasteiger partial charge in [0.15, 0.2) is 0 Å². The molecule has 0 bridgehead atoms. The third-order valence-electron chi connectivity index (χ3n) is 5.22. The summed E-state index contributed by atoms with van der Waals surface area (Å²) in [5, 5.41) is 2.56. The highest BCUT2D eigenvalue weighted by Crippen LogP contribution is 2.40. The fourth-order valence-electron chi connectivity index (χ4n) is 4.05. The van der Waals surface area contributed by atoms with Crippen molar-refractivity contribution in [1.82, 2.24) is 4.57 Å². The van der Waals surface area contributed by atoms with E-state index in [1.165, 1.54) is 33.1 Å². The van der Waals surface area contributed by atoms with E-state index < -0.39 is 0 Å². The molecule has 0 saturated heterocycles. The van der Waals surface area contributed by atoms with Crippen molar-refractivity contribution in [2.24, 2.45) is 0 Å².